The van der Waals surface area contributed by atoms with Crippen LogP contribution >= 0.6 is 0 Å². The minimum absolute atomic E-state index is 0.0326. The van der Waals surface area contributed by atoms with Crippen LogP contribution < -0.4 is 14.8 Å². The average Bonchev–Trinajstić information content (AvgIpc) is 3.03. The van der Waals surface area contributed by atoms with Crippen molar-refractivity contribution >= 4 is 22.5 Å². The Kier molecular flexibility index (Phi) is 4.47. The van der Waals surface area contributed by atoms with Crippen LogP contribution in [0.3, 0.4) is 0 Å². The number of carbonyl (C=O) groups is 1. The van der Waals surface area contributed by atoms with Gasteiger partial charge in [-0.2, -0.15) is 0 Å². The summed E-state index contributed by atoms with van der Waals surface area (Å²) in [7, 11) is 0. The molecule has 1 aliphatic heterocycles. The smallest absolute Gasteiger partial charge is 0.274 e. The number of pyridine rings is 1. The molecule has 0 radical (unpaired) electrons. The van der Waals surface area contributed by atoms with E-state index in [1.54, 1.807) is 0 Å². The molecule has 134 valence electrons. The fourth-order valence-electron chi connectivity index (χ4n) is 4.04. The molecule has 5 nitrogen and oxygen atoms in total. The topological polar surface area (TPSA) is 54.7 Å². The van der Waals surface area contributed by atoms with E-state index in [4.69, 9.17) is 0 Å². The highest BCUT2D eigenvalue weighted by Crippen LogP contribution is 2.22. The highest BCUT2D eigenvalue weighted by Gasteiger charge is 2.34. The number of hydrogen-bond acceptors (Lipinski definition) is 2. The third-order valence-corrected chi connectivity index (χ3v) is 5.58. The number of hydrogen-bond donors (Lipinski definition) is 2. The average molecular weight is 350 g/mol. The Morgan fingerprint density at radius 3 is 2.62 bits per heavy atom. The predicted octanol–water partition coefficient (Wildman–Crippen LogP) is 1.27. The zero-order valence-electron chi connectivity index (χ0n) is 15.4. The molecule has 1 atom stereocenters. The van der Waals surface area contributed by atoms with Crippen LogP contribution in [0.4, 0.5) is 5.82 Å². The fraction of sp³-hybridized carbons (Fsp3) is 0.333. The van der Waals surface area contributed by atoms with Crippen molar-refractivity contribution in [1.82, 2.24) is 4.98 Å². The van der Waals surface area contributed by atoms with E-state index in [1.165, 1.54) is 4.90 Å². The number of benzene rings is 1. The lowest BCUT2D eigenvalue weighted by Crippen LogP contribution is -3.18. The molecular formula is C21H26N4O+2. The van der Waals surface area contributed by atoms with Crippen molar-refractivity contribution < 1.29 is 14.7 Å². The Balaban J connectivity index is 1.49. The molecule has 3 N–H and O–H groups in total. The minimum Gasteiger partial charge on any atom is -0.358 e. The Bertz CT molecular complexity index is 910. The van der Waals surface area contributed by atoms with Crippen molar-refractivity contribution in [2.24, 2.45) is 0 Å². The van der Waals surface area contributed by atoms with Gasteiger partial charge >= 0.3 is 0 Å². The van der Waals surface area contributed by atoms with Gasteiger partial charge in [-0.05, 0) is 26.0 Å². The molecule has 2 aromatic heterocycles. The number of ketones is 1. The zero-order valence-corrected chi connectivity index (χ0v) is 15.4. The number of nitrogens with zero attached hydrogens (tertiary/aromatic N) is 1. The SMILES string of the molecule is Cc1[nH]c2ccccc2c1C(=O)[C@H](C)[NH+]1CCN(c2cccc[nH+]2)CC1. The summed E-state index contributed by atoms with van der Waals surface area (Å²) in [5.41, 5.74) is 2.87. The largest absolute Gasteiger partial charge is 0.358 e. The van der Waals surface area contributed by atoms with Gasteiger partial charge in [0.15, 0.2) is 0 Å². The first-order chi connectivity index (χ1) is 12.6. The van der Waals surface area contributed by atoms with E-state index >= 15 is 0 Å². The maximum atomic E-state index is 13.2. The Hall–Kier alpha value is -2.66. The maximum absolute atomic E-state index is 13.2. The van der Waals surface area contributed by atoms with Crippen molar-refractivity contribution in [3.63, 3.8) is 0 Å². The number of fused-ring (bicyclic) bond motifs is 1. The Morgan fingerprint density at radius 1 is 1.15 bits per heavy atom. The quantitative estimate of drug-likeness (QED) is 0.696. The second-order valence-electron chi connectivity index (χ2n) is 7.15. The summed E-state index contributed by atoms with van der Waals surface area (Å²) in [6.45, 7) is 7.93. The molecule has 1 saturated heterocycles. The van der Waals surface area contributed by atoms with Crippen molar-refractivity contribution in [3.05, 3.63) is 59.9 Å². The summed E-state index contributed by atoms with van der Waals surface area (Å²) in [6, 6.07) is 14.2. The number of aromatic amines is 2. The molecule has 0 unspecified atom stereocenters. The van der Waals surface area contributed by atoms with Crippen molar-refractivity contribution in [1.29, 1.82) is 0 Å². The van der Waals surface area contributed by atoms with Crippen LogP contribution in [0, 0.1) is 6.92 Å². The lowest BCUT2D eigenvalue weighted by atomic mass is 10.0. The van der Waals surface area contributed by atoms with Gasteiger partial charge in [-0.25, -0.2) is 4.98 Å². The van der Waals surface area contributed by atoms with E-state index in [0.717, 1.165) is 54.2 Å². The molecule has 1 aromatic carbocycles. The van der Waals surface area contributed by atoms with E-state index < -0.39 is 0 Å². The minimum atomic E-state index is -0.0326. The molecule has 5 heteroatoms. The van der Waals surface area contributed by atoms with E-state index in [0.29, 0.717) is 0 Å². The van der Waals surface area contributed by atoms with E-state index in [9.17, 15) is 4.79 Å². The second-order valence-corrected chi connectivity index (χ2v) is 7.15. The molecule has 4 rings (SSSR count). The molecule has 0 aliphatic carbocycles. The van der Waals surface area contributed by atoms with Gasteiger partial charge < -0.3 is 9.88 Å². The number of anilines is 1. The number of Topliss-reactive ketones (excluding diaryl/α,β-unsaturated/α-hetero) is 1. The molecule has 3 aromatic rings. The lowest BCUT2D eigenvalue weighted by molar-refractivity contribution is -0.914. The number of nitrogens with one attached hydrogen (secondary N) is 3. The Morgan fingerprint density at radius 2 is 1.88 bits per heavy atom. The number of quaternary nitrogens is 1. The molecule has 1 aliphatic rings. The molecule has 1 fully saturated rings. The maximum Gasteiger partial charge on any atom is 0.274 e. The number of H-pyrrole nitrogens is 2. The normalized spacial score (nSPS) is 16.8. The molecule has 26 heavy (non-hydrogen) atoms. The summed E-state index contributed by atoms with van der Waals surface area (Å²) in [6.07, 6.45) is 1.96. The Labute approximate surface area is 153 Å². The summed E-state index contributed by atoms with van der Waals surface area (Å²) in [5.74, 6) is 1.40. The van der Waals surface area contributed by atoms with Crippen molar-refractivity contribution in [2.75, 3.05) is 31.1 Å². The van der Waals surface area contributed by atoms with E-state index in [1.807, 2.05) is 43.5 Å². The standard InChI is InChI=1S/C21H24N4O/c1-15-20(17-7-3-4-8-18(17)23-15)21(26)16(2)24-11-13-25(14-12-24)19-9-5-6-10-22-19/h3-10,16,23H,11-14H2,1-2H3/p+2/t16-/m0/s1. The van der Waals surface area contributed by atoms with Gasteiger partial charge in [0.05, 0.1) is 11.8 Å². The molecule has 0 bridgehead atoms. The number of para-hydroxylation sites is 1. The number of piperazine rings is 1. The van der Waals surface area contributed by atoms with Crippen LogP contribution in [0.2, 0.25) is 0 Å². The summed E-state index contributed by atoms with van der Waals surface area (Å²) < 4.78 is 0. The predicted molar refractivity (Wildman–Crippen MR) is 103 cm³/mol. The van der Waals surface area contributed by atoms with E-state index in [-0.39, 0.29) is 11.8 Å². The first-order valence-corrected chi connectivity index (χ1v) is 9.33. The van der Waals surface area contributed by atoms with Crippen LogP contribution in [0.5, 0.6) is 0 Å². The number of rotatable bonds is 4. The monoisotopic (exact) mass is 350 g/mol. The molecule has 3 heterocycles. The highest BCUT2D eigenvalue weighted by atomic mass is 16.1. The summed E-state index contributed by atoms with van der Waals surface area (Å²) >= 11 is 0. The second kappa shape index (κ2) is 6.92. The summed E-state index contributed by atoms with van der Waals surface area (Å²) in [5, 5.41) is 1.04. The first kappa shape index (κ1) is 16.8. The molecule has 0 spiro atoms. The van der Waals surface area contributed by atoms with Gasteiger partial charge in [0.1, 0.15) is 32.2 Å². The third-order valence-electron chi connectivity index (χ3n) is 5.58. The highest BCUT2D eigenvalue weighted by molar-refractivity contribution is 6.10. The lowest BCUT2D eigenvalue weighted by Gasteiger charge is -2.31. The van der Waals surface area contributed by atoms with Crippen LogP contribution in [0.25, 0.3) is 10.9 Å². The van der Waals surface area contributed by atoms with Gasteiger partial charge in [-0.15, -0.1) is 0 Å². The zero-order chi connectivity index (χ0) is 18.1. The van der Waals surface area contributed by atoms with Crippen LogP contribution in [-0.2, 0) is 0 Å². The van der Waals surface area contributed by atoms with Gasteiger partial charge in [0.2, 0.25) is 5.78 Å². The van der Waals surface area contributed by atoms with Gasteiger partial charge in [-0.1, -0.05) is 24.3 Å². The van der Waals surface area contributed by atoms with Gasteiger partial charge in [-0.3, -0.25) is 9.69 Å². The molecule has 0 saturated carbocycles. The van der Waals surface area contributed by atoms with E-state index in [2.05, 4.69) is 33.9 Å². The molecule has 0 amide bonds. The summed E-state index contributed by atoms with van der Waals surface area (Å²) in [4.78, 5) is 23.6. The fourth-order valence-corrected chi connectivity index (χ4v) is 4.04. The number of aromatic nitrogens is 2. The van der Waals surface area contributed by atoms with Crippen LogP contribution in [0.1, 0.15) is 23.0 Å². The van der Waals surface area contributed by atoms with Crippen LogP contribution in [0.15, 0.2) is 48.7 Å². The number of carbonyl (C=O) groups excluding carboxylic acids is 1. The van der Waals surface area contributed by atoms with Crippen molar-refractivity contribution in [3.8, 4) is 0 Å². The first-order valence-electron chi connectivity index (χ1n) is 9.33. The van der Waals surface area contributed by atoms with Gasteiger partial charge in [0, 0.05) is 22.7 Å². The molecular weight excluding hydrogens is 324 g/mol. The number of aryl methyl sites for hydroxylation is 1. The van der Waals surface area contributed by atoms with Crippen molar-refractivity contribution in [2.45, 2.75) is 19.9 Å². The van der Waals surface area contributed by atoms with Crippen LogP contribution in [-0.4, -0.2) is 43.0 Å². The third kappa shape index (κ3) is 2.99. The van der Waals surface area contributed by atoms with Gasteiger partial charge in [0.25, 0.3) is 5.82 Å².